The molecule has 0 aliphatic carbocycles. The molecule has 3 fully saturated rings. The Morgan fingerprint density at radius 2 is 1.75 bits per heavy atom. The Labute approximate surface area is 167 Å². The molecule has 0 N–H and O–H groups in total. The third kappa shape index (κ3) is 4.10. The van der Waals surface area contributed by atoms with Crippen LogP contribution in [0.3, 0.4) is 0 Å². The van der Waals surface area contributed by atoms with Crippen LogP contribution in [0.5, 0.6) is 0 Å². The van der Waals surface area contributed by atoms with Gasteiger partial charge >= 0.3 is 0 Å². The first-order chi connectivity index (χ1) is 13.6. The first-order valence-corrected chi connectivity index (χ1v) is 10.6. The second kappa shape index (κ2) is 8.66. The Bertz CT molecular complexity index is 690. The van der Waals surface area contributed by atoms with Crippen LogP contribution in [0.2, 0.25) is 0 Å². The van der Waals surface area contributed by atoms with E-state index in [4.69, 9.17) is 4.74 Å². The molecule has 3 aliphatic heterocycles. The number of hydrogen-bond acceptors (Lipinski definition) is 4. The molecule has 1 aromatic rings. The highest BCUT2D eigenvalue weighted by molar-refractivity contribution is 5.92. The highest BCUT2D eigenvalue weighted by atomic mass is 16.5. The summed E-state index contributed by atoms with van der Waals surface area (Å²) in [7, 11) is 1.92. The molecule has 3 aliphatic rings. The van der Waals surface area contributed by atoms with Gasteiger partial charge in [-0.05, 0) is 44.4 Å². The number of ether oxygens (including phenoxy) is 1. The van der Waals surface area contributed by atoms with Gasteiger partial charge in [0.25, 0.3) is 5.91 Å². The second-order valence-electron chi connectivity index (χ2n) is 8.30. The van der Waals surface area contributed by atoms with E-state index in [2.05, 4.69) is 4.90 Å². The quantitative estimate of drug-likeness (QED) is 0.781. The van der Waals surface area contributed by atoms with E-state index < -0.39 is 0 Å². The summed E-state index contributed by atoms with van der Waals surface area (Å²) in [6, 6.07) is 4.29. The molecular weight excluding hydrogens is 356 g/mol. The van der Waals surface area contributed by atoms with Crippen LogP contribution in [0, 0.1) is 5.92 Å². The molecular formula is C21H32N4O3. The fourth-order valence-corrected chi connectivity index (χ4v) is 4.86. The zero-order valence-electron chi connectivity index (χ0n) is 16.9. The fraction of sp³-hybridized carbons (Fsp3) is 0.714. The molecule has 0 saturated carbocycles. The Morgan fingerprint density at radius 1 is 1.00 bits per heavy atom. The van der Waals surface area contributed by atoms with Gasteiger partial charge in [0.2, 0.25) is 5.91 Å². The molecule has 0 spiro atoms. The lowest BCUT2D eigenvalue weighted by Crippen LogP contribution is -2.53. The van der Waals surface area contributed by atoms with Gasteiger partial charge in [-0.2, -0.15) is 0 Å². The maximum absolute atomic E-state index is 12.9. The average Bonchev–Trinajstić information content (AvgIpc) is 3.19. The summed E-state index contributed by atoms with van der Waals surface area (Å²) in [5, 5.41) is 0. The van der Waals surface area contributed by atoms with E-state index in [0.717, 1.165) is 70.6 Å². The summed E-state index contributed by atoms with van der Waals surface area (Å²) in [5.41, 5.74) is 0.757. The summed E-state index contributed by atoms with van der Waals surface area (Å²) in [6.45, 7) is 6.33. The molecule has 7 nitrogen and oxygen atoms in total. The van der Waals surface area contributed by atoms with Gasteiger partial charge < -0.3 is 19.1 Å². The number of likely N-dealkylation sites (tertiary alicyclic amines) is 2. The SMILES string of the molecule is Cn1cccc1C(=O)N1CCC(N2CCC[C@@H](C(=O)N3CCOCC3)C2)CC1. The van der Waals surface area contributed by atoms with E-state index in [1.54, 1.807) is 0 Å². The maximum atomic E-state index is 12.9. The van der Waals surface area contributed by atoms with Crippen molar-refractivity contribution >= 4 is 11.8 Å². The monoisotopic (exact) mass is 388 g/mol. The lowest BCUT2D eigenvalue weighted by molar-refractivity contribution is -0.141. The smallest absolute Gasteiger partial charge is 0.270 e. The van der Waals surface area contributed by atoms with Crippen molar-refractivity contribution < 1.29 is 14.3 Å². The lowest BCUT2D eigenvalue weighted by atomic mass is 9.92. The lowest BCUT2D eigenvalue weighted by Gasteiger charge is -2.43. The number of carbonyl (C=O) groups is 2. The molecule has 0 unspecified atom stereocenters. The average molecular weight is 389 g/mol. The van der Waals surface area contributed by atoms with Gasteiger partial charge in [-0.1, -0.05) is 0 Å². The standard InChI is InChI=1S/C21H32N4O3/c1-22-8-3-5-19(22)21(27)23-10-6-18(7-11-23)25-9-2-4-17(16-25)20(26)24-12-14-28-15-13-24/h3,5,8,17-18H,2,4,6-7,9-16H2,1H3/t17-/m1/s1. The molecule has 4 heterocycles. The van der Waals surface area contributed by atoms with E-state index in [9.17, 15) is 9.59 Å². The van der Waals surface area contributed by atoms with Crippen LogP contribution in [0.1, 0.15) is 36.2 Å². The van der Waals surface area contributed by atoms with Crippen molar-refractivity contribution in [3.05, 3.63) is 24.0 Å². The first-order valence-electron chi connectivity index (χ1n) is 10.6. The number of aryl methyl sites for hydroxylation is 1. The largest absolute Gasteiger partial charge is 0.378 e. The first kappa shape index (κ1) is 19.5. The topological polar surface area (TPSA) is 58.0 Å². The molecule has 28 heavy (non-hydrogen) atoms. The minimum absolute atomic E-state index is 0.120. The van der Waals surface area contributed by atoms with E-state index in [0.29, 0.717) is 25.2 Å². The zero-order valence-corrected chi connectivity index (χ0v) is 16.9. The van der Waals surface area contributed by atoms with Crippen LogP contribution in [-0.2, 0) is 16.6 Å². The van der Waals surface area contributed by atoms with E-state index in [1.165, 1.54) is 0 Å². The molecule has 0 aromatic carbocycles. The second-order valence-corrected chi connectivity index (χ2v) is 8.30. The summed E-state index contributed by atoms with van der Waals surface area (Å²) in [6.07, 6.45) is 5.99. The van der Waals surface area contributed by atoms with Gasteiger partial charge in [0.15, 0.2) is 0 Å². The Hall–Kier alpha value is -1.86. The summed E-state index contributed by atoms with van der Waals surface area (Å²) in [5.74, 6) is 0.559. The molecule has 3 saturated heterocycles. The highest BCUT2D eigenvalue weighted by Crippen LogP contribution is 2.26. The number of piperidine rings is 2. The van der Waals surface area contributed by atoms with Crippen LogP contribution in [0.25, 0.3) is 0 Å². The summed E-state index contributed by atoms with van der Waals surface area (Å²) >= 11 is 0. The number of hydrogen-bond donors (Lipinski definition) is 0. The molecule has 1 atom stereocenters. The molecule has 0 bridgehead atoms. The number of carbonyl (C=O) groups excluding carboxylic acids is 2. The molecule has 7 heteroatoms. The molecule has 4 rings (SSSR count). The number of aromatic nitrogens is 1. The van der Waals surface area contributed by atoms with Gasteiger partial charge in [-0.3, -0.25) is 14.5 Å². The summed E-state index contributed by atoms with van der Waals surface area (Å²) < 4.78 is 7.27. The molecule has 2 amide bonds. The fourth-order valence-electron chi connectivity index (χ4n) is 4.86. The van der Waals surface area contributed by atoms with Crippen molar-refractivity contribution in [3.63, 3.8) is 0 Å². The van der Waals surface area contributed by atoms with Crippen LogP contribution >= 0.6 is 0 Å². The number of nitrogens with zero attached hydrogens (tertiary/aromatic N) is 4. The van der Waals surface area contributed by atoms with E-state index in [1.807, 2.05) is 39.7 Å². The van der Waals surface area contributed by atoms with Crippen LogP contribution in [0.15, 0.2) is 18.3 Å². The van der Waals surface area contributed by atoms with Gasteiger partial charge in [-0.15, -0.1) is 0 Å². The zero-order chi connectivity index (χ0) is 19.5. The Balaban J connectivity index is 1.30. The van der Waals surface area contributed by atoms with Gasteiger partial charge in [-0.25, -0.2) is 0 Å². The minimum atomic E-state index is 0.120. The van der Waals surface area contributed by atoms with Crippen molar-refractivity contribution in [3.8, 4) is 0 Å². The maximum Gasteiger partial charge on any atom is 0.270 e. The molecule has 1 aromatic heterocycles. The number of morpholine rings is 1. The van der Waals surface area contributed by atoms with Crippen molar-refractivity contribution in [1.29, 1.82) is 0 Å². The normalized spacial score (nSPS) is 25.1. The van der Waals surface area contributed by atoms with Crippen LogP contribution in [-0.4, -0.2) is 89.6 Å². The Kier molecular flexibility index (Phi) is 6.01. The number of rotatable bonds is 3. The molecule has 154 valence electrons. The van der Waals surface area contributed by atoms with Gasteiger partial charge in [0, 0.05) is 52.0 Å². The van der Waals surface area contributed by atoms with Crippen molar-refractivity contribution in [1.82, 2.24) is 19.3 Å². The van der Waals surface area contributed by atoms with Gasteiger partial charge in [0.1, 0.15) is 5.69 Å². The van der Waals surface area contributed by atoms with Crippen molar-refractivity contribution in [2.45, 2.75) is 31.7 Å². The minimum Gasteiger partial charge on any atom is -0.378 e. The highest BCUT2D eigenvalue weighted by Gasteiger charge is 2.34. The van der Waals surface area contributed by atoms with Crippen molar-refractivity contribution in [2.75, 3.05) is 52.5 Å². The van der Waals surface area contributed by atoms with Crippen LogP contribution < -0.4 is 0 Å². The van der Waals surface area contributed by atoms with Crippen LogP contribution in [0.4, 0.5) is 0 Å². The number of amides is 2. The predicted octanol–water partition coefficient (Wildman–Crippen LogP) is 1.20. The van der Waals surface area contributed by atoms with E-state index >= 15 is 0 Å². The molecule has 0 radical (unpaired) electrons. The summed E-state index contributed by atoms with van der Waals surface area (Å²) in [4.78, 5) is 32.1. The third-order valence-corrected chi connectivity index (χ3v) is 6.56. The van der Waals surface area contributed by atoms with E-state index in [-0.39, 0.29) is 11.8 Å². The predicted molar refractivity (Wildman–Crippen MR) is 106 cm³/mol. The Morgan fingerprint density at radius 3 is 2.43 bits per heavy atom. The van der Waals surface area contributed by atoms with Gasteiger partial charge in [0.05, 0.1) is 19.1 Å². The third-order valence-electron chi connectivity index (χ3n) is 6.56. The van der Waals surface area contributed by atoms with Crippen molar-refractivity contribution in [2.24, 2.45) is 13.0 Å².